The molecule has 18 heavy (non-hydrogen) atoms. The molecule has 2 N–H and O–H groups in total. The molecule has 0 aromatic carbocycles. The van der Waals surface area contributed by atoms with Gasteiger partial charge in [-0.1, -0.05) is 26.2 Å². The molecule has 0 aliphatic heterocycles. The highest BCUT2D eigenvalue weighted by molar-refractivity contribution is 5.85. The van der Waals surface area contributed by atoms with Crippen LogP contribution in [0.3, 0.4) is 0 Å². The number of amides is 1. The van der Waals surface area contributed by atoms with Gasteiger partial charge in [-0.2, -0.15) is 0 Å². The van der Waals surface area contributed by atoms with Crippen molar-refractivity contribution in [3.8, 4) is 0 Å². The van der Waals surface area contributed by atoms with Crippen LogP contribution in [0, 0.1) is 17.3 Å². The van der Waals surface area contributed by atoms with Gasteiger partial charge in [-0.25, -0.2) is 0 Å². The first kappa shape index (κ1) is 13.4. The first-order valence-corrected chi connectivity index (χ1v) is 7.02. The van der Waals surface area contributed by atoms with E-state index in [0.29, 0.717) is 13.0 Å². The van der Waals surface area contributed by atoms with Crippen LogP contribution >= 0.6 is 0 Å². The van der Waals surface area contributed by atoms with E-state index in [1.807, 2.05) is 0 Å². The average molecular weight is 253 g/mol. The molecule has 0 bridgehead atoms. The lowest BCUT2D eigenvalue weighted by Gasteiger charge is -2.25. The first-order chi connectivity index (χ1) is 8.52. The standard InChI is InChI=1S/C14H23NO3/c1-14(7-2-3-8-14)9-15-12(16)10-5-4-6-11(10)13(17)18/h10-11H,2-9H2,1H3,(H,15,16)(H,17,18)/t10-,11+/m1/s1. The molecule has 2 aliphatic carbocycles. The third-order valence-electron chi connectivity index (χ3n) is 4.67. The Hall–Kier alpha value is -1.06. The smallest absolute Gasteiger partial charge is 0.307 e. The number of nitrogens with one attached hydrogen (secondary N) is 1. The molecule has 0 radical (unpaired) electrons. The summed E-state index contributed by atoms with van der Waals surface area (Å²) >= 11 is 0. The fraction of sp³-hybridized carbons (Fsp3) is 0.857. The monoisotopic (exact) mass is 253 g/mol. The van der Waals surface area contributed by atoms with Crippen molar-refractivity contribution < 1.29 is 14.7 Å². The van der Waals surface area contributed by atoms with E-state index < -0.39 is 11.9 Å². The molecule has 2 rings (SSSR count). The molecule has 4 heteroatoms. The van der Waals surface area contributed by atoms with Crippen LogP contribution in [0.15, 0.2) is 0 Å². The van der Waals surface area contributed by atoms with E-state index in [9.17, 15) is 9.59 Å². The molecule has 0 aromatic rings. The van der Waals surface area contributed by atoms with Gasteiger partial charge in [0, 0.05) is 6.54 Å². The predicted molar refractivity (Wildman–Crippen MR) is 68.1 cm³/mol. The topological polar surface area (TPSA) is 66.4 Å². The Balaban J connectivity index is 1.86. The molecule has 2 saturated carbocycles. The van der Waals surface area contributed by atoms with Crippen molar-refractivity contribution >= 4 is 11.9 Å². The third kappa shape index (κ3) is 2.85. The number of rotatable bonds is 4. The summed E-state index contributed by atoms with van der Waals surface area (Å²) in [6, 6.07) is 0. The van der Waals surface area contributed by atoms with Crippen molar-refractivity contribution in [2.45, 2.75) is 51.9 Å². The Bertz CT molecular complexity index is 334. The van der Waals surface area contributed by atoms with Gasteiger partial charge in [-0.05, 0) is 31.1 Å². The maximum atomic E-state index is 12.1. The summed E-state index contributed by atoms with van der Waals surface area (Å²) in [6.45, 7) is 2.91. The molecule has 0 spiro atoms. The molecule has 4 nitrogen and oxygen atoms in total. The molecule has 0 heterocycles. The average Bonchev–Trinajstić information content (AvgIpc) is 2.95. The normalized spacial score (nSPS) is 30.3. The second kappa shape index (κ2) is 5.29. The van der Waals surface area contributed by atoms with E-state index >= 15 is 0 Å². The molecule has 1 amide bonds. The second-order valence-corrected chi connectivity index (χ2v) is 6.22. The molecular formula is C14H23NO3. The van der Waals surface area contributed by atoms with Crippen LogP contribution in [0.4, 0.5) is 0 Å². The highest BCUT2D eigenvalue weighted by Crippen LogP contribution is 2.37. The quantitative estimate of drug-likeness (QED) is 0.807. The minimum atomic E-state index is -0.820. The minimum absolute atomic E-state index is 0.0481. The minimum Gasteiger partial charge on any atom is -0.481 e. The van der Waals surface area contributed by atoms with E-state index in [4.69, 9.17) is 5.11 Å². The SMILES string of the molecule is CC1(CNC(=O)[C@@H]2CCC[C@@H]2C(=O)O)CCCC1. The highest BCUT2D eigenvalue weighted by atomic mass is 16.4. The zero-order chi connectivity index (χ0) is 13.2. The van der Waals surface area contributed by atoms with Gasteiger partial charge in [0.2, 0.25) is 5.91 Å². The summed E-state index contributed by atoms with van der Waals surface area (Å²) < 4.78 is 0. The Morgan fingerprint density at radius 3 is 2.39 bits per heavy atom. The van der Waals surface area contributed by atoms with E-state index in [1.54, 1.807) is 0 Å². The van der Waals surface area contributed by atoms with Crippen LogP contribution in [-0.4, -0.2) is 23.5 Å². The van der Waals surface area contributed by atoms with E-state index in [2.05, 4.69) is 12.2 Å². The molecule has 0 unspecified atom stereocenters. The van der Waals surface area contributed by atoms with Crippen molar-refractivity contribution in [1.29, 1.82) is 0 Å². The summed E-state index contributed by atoms with van der Waals surface area (Å²) in [5, 5.41) is 12.1. The lowest BCUT2D eigenvalue weighted by Crippen LogP contribution is -2.40. The number of carboxylic acid groups (broad SMARTS) is 1. The van der Waals surface area contributed by atoms with Gasteiger partial charge >= 0.3 is 5.97 Å². The van der Waals surface area contributed by atoms with Gasteiger partial charge in [-0.15, -0.1) is 0 Å². The van der Waals surface area contributed by atoms with Crippen LogP contribution in [0.1, 0.15) is 51.9 Å². The molecule has 2 atom stereocenters. The van der Waals surface area contributed by atoms with E-state index in [0.717, 1.165) is 12.8 Å². The Morgan fingerprint density at radius 2 is 1.78 bits per heavy atom. The molecule has 2 aliphatic rings. The number of carbonyl (C=O) groups is 2. The van der Waals surface area contributed by atoms with Gasteiger partial charge in [0.25, 0.3) is 0 Å². The van der Waals surface area contributed by atoms with E-state index in [1.165, 1.54) is 25.7 Å². The van der Waals surface area contributed by atoms with Gasteiger partial charge in [0.15, 0.2) is 0 Å². The summed E-state index contributed by atoms with van der Waals surface area (Å²) in [5.41, 5.74) is 0.229. The zero-order valence-corrected chi connectivity index (χ0v) is 11.1. The number of hydrogen-bond donors (Lipinski definition) is 2. The van der Waals surface area contributed by atoms with Crippen LogP contribution in [-0.2, 0) is 9.59 Å². The van der Waals surface area contributed by atoms with Crippen molar-refractivity contribution in [2.75, 3.05) is 6.54 Å². The van der Waals surface area contributed by atoms with Crippen LogP contribution in [0.25, 0.3) is 0 Å². The zero-order valence-electron chi connectivity index (χ0n) is 11.1. The molecule has 102 valence electrons. The summed E-state index contributed by atoms with van der Waals surface area (Å²) in [4.78, 5) is 23.1. The second-order valence-electron chi connectivity index (χ2n) is 6.22. The van der Waals surface area contributed by atoms with Crippen LogP contribution < -0.4 is 5.32 Å². The van der Waals surface area contributed by atoms with Crippen LogP contribution in [0.5, 0.6) is 0 Å². The fourth-order valence-corrected chi connectivity index (χ4v) is 3.41. The summed E-state index contributed by atoms with van der Waals surface area (Å²) in [7, 11) is 0. The van der Waals surface area contributed by atoms with Gasteiger partial charge < -0.3 is 10.4 Å². The number of aliphatic carboxylic acids is 1. The van der Waals surface area contributed by atoms with Crippen LogP contribution in [0.2, 0.25) is 0 Å². The molecule has 0 saturated heterocycles. The predicted octanol–water partition coefficient (Wildman–Crippen LogP) is 2.18. The lowest BCUT2D eigenvalue weighted by atomic mass is 9.88. The maximum Gasteiger partial charge on any atom is 0.307 e. The highest BCUT2D eigenvalue weighted by Gasteiger charge is 2.38. The number of hydrogen-bond acceptors (Lipinski definition) is 2. The van der Waals surface area contributed by atoms with Crippen molar-refractivity contribution in [2.24, 2.45) is 17.3 Å². The molecular weight excluding hydrogens is 230 g/mol. The maximum absolute atomic E-state index is 12.1. The third-order valence-corrected chi connectivity index (χ3v) is 4.67. The number of carboxylic acids is 1. The first-order valence-electron chi connectivity index (χ1n) is 7.02. The van der Waals surface area contributed by atoms with Gasteiger partial charge in [0.1, 0.15) is 0 Å². The largest absolute Gasteiger partial charge is 0.481 e. The molecule has 0 aromatic heterocycles. The van der Waals surface area contributed by atoms with Crippen molar-refractivity contribution in [3.05, 3.63) is 0 Å². The Kier molecular flexibility index (Phi) is 3.93. The summed E-state index contributed by atoms with van der Waals surface area (Å²) in [6.07, 6.45) is 7.04. The lowest BCUT2D eigenvalue weighted by molar-refractivity contribution is -0.146. The summed E-state index contributed by atoms with van der Waals surface area (Å²) in [5.74, 6) is -1.65. The van der Waals surface area contributed by atoms with Gasteiger partial charge in [0.05, 0.1) is 11.8 Å². The number of carbonyl (C=O) groups excluding carboxylic acids is 1. The van der Waals surface area contributed by atoms with Crippen molar-refractivity contribution in [3.63, 3.8) is 0 Å². The van der Waals surface area contributed by atoms with Crippen molar-refractivity contribution in [1.82, 2.24) is 5.32 Å². The fourth-order valence-electron chi connectivity index (χ4n) is 3.41. The Labute approximate surface area is 108 Å². The van der Waals surface area contributed by atoms with E-state index in [-0.39, 0.29) is 17.2 Å². The van der Waals surface area contributed by atoms with Gasteiger partial charge in [-0.3, -0.25) is 9.59 Å². The molecule has 2 fully saturated rings. The Morgan fingerprint density at radius 1 is 1.17 bits per heavy atom.